The Hall–Kier alpha value is -2.38. The van der Waals surface area contributed by atoms with Gasteiger partial charge >= 0.3 is 5.69 Å². The lowest BCUT2D eigenvalue weighted by Crippen LogP contribution is -2.27. The van der Waals surface area contributed by atoms with Crippen LogP contribution in [0.25, 0.3) is 0 Å². The first-order valence-corrected chi connectivity index (χ1v) is 8.86. The number of anilines is 1. The molecular weight excluding hydrogens is 320 g/mol. The summed E-state index contributed by atoms with van der Waals surface area (Å²) in [7, 11) is 1.59. The van der Waals surface area contributed by atoms with Gasteiger partial charge in [-0.05, 0) is 25.2 Å². The fourth-order valence-electron chi connectivity index (χ4n) is 2.98. The van der Waals surface area contributed by atoms with Gasteiger partial charge in [-0.15, -0.1) is 0 Å². The van der Waals surface area contributed by atoms with E-state index in [1.165, 1.54) is 0 Å². The molecule has 8 heteroatoms. The van der Waals surface area contributed by atoms with E-state index in [4.69, 9.17) is 4.74 Å². The summed E-state index contributed by atoms with van der Waals surface area (Å²) in [5, 5.41) is 7.88. The molecule has 0 bridgehead atoms. The molecule has 2 aromatic rings. The number of nitrogens with zero attached hydrogens (tertiary/aromatic N) is 5. The Labute approximate surface area is 147 Å². The van der Waals surface area contributed by atoms with Gasteiger partial charge in [0, 0.05) is 25.6 Å². The summed E-state index contributed by atoms with van der Waals surface area (Å²) in [4.78, 5) is 21.0. The van der Waals surface area contributed by atoms with Crippen molar-refractivity contribution in [3.8, 4) is 5.75 Å². The van der Waals surface area contributed by atoms with Gasteiger partial charge < -0.3 is 10.1 Å². The van der Waals surface area contributed by atoms with E-state index in [9.17, 15) is 4.79 Å². The number of rotatable bonds is 6. The van der Waals surface area contributed by atoms with Crippen molar-refractivity contribution in [1.29, 1.82) is 0 Å². The molecule has 136 valence electrons. The Morgan fingerprint density at radius 1 is 1.32 bits per heavy atom. The zero-order chi connectivity index (χ0) is 17.8. The van der Waals surface area contributed by atoms with Gasteiger partial charge in [0.1, 0.15) is 5.82 Å². The predicted octanol–water partition coefficient (Wildman–Crippen LogP) is 1.71. The molecule has 0 aromatic carbocycles. The van der Waals surface area contributed by atoms with Gasteiger partial charge in [-0.25, -0.2) is 19.4 Å². The third kappa shape index (κ3) is 4.18. The summed E-state index contributed by atoms with van der Waals surface area (Å²) in [5.41, 5.74) is 0.0111. The van der Waals surface area contributed by atoms with E-state index in [1.54, 1.807) is 24.2 Å². The summed E-state index contributed by atoms with van der Waals surface area (Å²) < 4.78 is 8.51. The Morgan fingerprint density at radius 2 is 2.08 bits per heavy atom. The van der Waals surface area contributed by atoms with Crippen molar-refractivity contribution in [1.82, 2.24) is 24.3 Å². The van der Waals surface area contributed by atoms with Crippen LogP contribution >= 0.6 is 0 Å². The zero-order valence-corrected chi connectivity index (χ0v) is 15.1. The smallest absolute Gasteiger partial charge is 0.345 e. The van der Waals surface area contributed by atoms with Gasteiger partial charge in [-0.1, -0.05) is 13.8 Å². The first-order chi connectivity index (χ1) is 12.1. The van der Waals surface area contributed by atoms with Crippen LogP contribution in [0.4, 0.5) is 5.95 Å². The molecule has 1 aliphatic rings. The largest absolute Gasteiger partial charge is 0.494 e. The van der Waals surface area contributed by atoms with Gasteiger partial charge in [0.2, 0.25) is 5.95 Å². The molecule has 0 radical (unpaired) electrons. The Kier molecular flexibility index (Phi) is 5.35. The molecule has 3 rings (SSSR count). The van der Waals surface area contributed by atoms with Crippen LogP contribution in [0.2, 0.25) is 0 Å². The monoisotopic (exact) mass is 346 g/mol. The predicted molar refractivity (Wildman–Crippen MR) is 94.9 cm³/mol. The average Bonchev–Trinajstić information content (AvgIpc) is 2.77. The summed E-state index contributed by atoms with van der Waals surface area (Å²) in [6.45, 7) is 5.68. The SMILES string of the molecule is COc1cnc(NC2CCc3nn(CCC(C)C)c(=O)n3CC2)nc1. The molecule has 0 aliphatic carbocycles. The summed E-state index contributed by atoms with van der Waals surface area (Å²) >= 11 is 0. The van der Waals surface area contributed by atoms with Crippen molar-refractivity contribution < 1.29 is 4.74 Å². The van der Waals surface area contributed by atoms with Crippen LogP contribution in [0.1, 0.15) is 38.9 Å². The second kappa shape index (κ2) is 7.67. The van der Waals surface area contributed by atoms with Crippen LogP contribution < -0.4 is 15.7 Å². The molecule has 3 heterocycles. The summed E-state index contributed by atoms with van der Waals surface area (Å²) in [6, 6.07) is 0.221. The molecule has 0 fully saturated rings. The third-order valence-electron chi connectivity index (χ3n) is 4.53. The topological polar surface area (TPSA) is 86.9 Å². The van der Waals surface area contributed by atoms with Crippen molar-refractivity contribution in [3.05, 3.63) is 28.7 Å². The van der Waals surface area contributed by atoms with E-state index in [-0.39, 0.29) is 11.7 Å². The minimum atomic E-state index is 0.0111. The fourth-order valence-corrected chi connectivity index (χ4v) is 2.98. The number of hydrogen-bond donors (Lipinski definition) is 1. The molecule has 0 amide bonds. The summed E-state index contributed by atoms with van der Waals surface area (Å²) in [5.74, 6) is 2.66. The highest BCUT2D eigenvalue weighted by Gasteiger charge is 2.21. The number of hydrogen-bond acceptors (Lipinski definition) is 6. The van der Waals surface area contributed by atoms with Crippen LogP contribution in [-0.4, -0.2) is 37.5 Å². The minimum Gasteiger partial charge on any atom is -0.494 e. The molecule has 0 saturated heterocycles. The number of aromatic nitrogens is 5. The normalized spacial score (nSPS) is 17.2. The number of ether oxygens (including phenoxy) is 1. The Morgan fingerprint density at radius 3 is 2.76 bits per heavy atom. The summed E-state index contributed by atoms with van der Waals surface area (Å²) in [6.07, 6.45) is 6.77. The molecule has 0 saturated carbocycles. The van der Waals surface area contributed by atoms with Crippen LogP contribution in [-0.2, 0) is 19.5 Å². The quantitative estimate of drug-likeness (QED) is 0.857. The lowest BCUT2D eigenvalue weighted by molar-refractivity contribution is 0.410. The molecule has 1 unspecified atom stereocenters. The lowest BCUT2D eigenvalue weighted by atomic mass is 10.1. The van der Waals surface area contributed by atoms with Crippen LogP contribution in [0.5, 0.6) is 5.75 Å². The Bertz CT molecular complexity index is 749. The third-order valence-corrected chi connectivity index (χ3v) is 4.53. The molecular formula is C17H26N6O2. The van der Waals surface area contributed by atoms with E-state index in [0.29, 0.717) is 30.7 Å². The molecule has 8 nitrogen and oxygen atoms in total. The van der Waals surface area contributed by atoms with Crippen molar-refractivity contribution >= 4 is 5.95 Å². The number of fused-ring (bicyclic) bond motifs is 1. The highest BCUT2D eigenvalue weighted by atomic mass is 16.5. The minimum absolute atomic E-state index is 0.0111. The lowest BCUT2D eigenvalue weighted by Gasteiger charge is -2.15. The maximum absolute atomic E-state index is 12.5. The van der Waals surface area contributed by atoms with Gasteiger partial charge in [0.05, 0.1) is 19.5 Å². The van der Waals surface area contributed by atoms with E-state index in [2.05, 4.69) is 34.2 Å². The van der Waals surface area contributed by atoms with Crippen molar-refractivity contribution in [2.75, 3.05) is 12.4 Å². The molecule has 1 aliphatic heterocycles. The molecule has 25 heavy (non-hydrogen) atoms. The molecule has 1 atom stereocenters. The highest BCUT2D eigenvalue weighted by Crippen LogP contribution is 2.16. The fraction of sp³-hybridized carbons (Fsp3) is 0.647. The van der Waals surface area contributed by atoms with E-state index in [1.807, 2.05) is 4.57 Å². The maximum atomic E-state index is 12.5. The van der Waals surface area contributed by atoms with Crippen molar-refractivity contribution in [2.45, 2.75) is 58.7 Å². The number of methoxy groups -OCH3 is 1. The Balaban J connectivity index is 1.63. The van der Waals surface area contributed by atoms with E-state index in [0.717, 1.165) is 31.5 Å². The van der Waals surface area contributed by atoms with Gasteiger partial charge in [0.25, 0.3) is 0 Å². The van der Waals surface area contributed by atoms with Crippen LogP contribution in [0.15, 0.2) is 17.2 Å². The van der Waals surface area contributed by atoms with Crippen LogP contribution in [0, 0.1) is 5.92 Å². The highest BCUT2D eigenvalue weighted by molar-refractivity contribution is 5.28. The zero-order valence-electron chi connectivity index (χ0n) is 15.1. The van der Waals surface area contributed by atoms with Crippen molar-refractivity contribution in [3.63, 3.8) is 0 Å². The molecule has 0 spiro atoms. The van der Waals surface area contributed by atoms with Gasteiger partial charge in [-0.3, -0.25) is 4.57 Å². The number of aryl methyl sites for hydroxylation is 2. The first kappa shape index (κ1) is 17.4. The molecule has 1 N–H and O–H groups in total. The van der Waals surface area contributed by atoms with Gasteiger partial charge in [-0.2, -0.15) is 5.10 Å². The van der Waals surface area contributed by atoms with Crippen LogP contribution in [0.3, 0.4) is 0 Å². The van der Waals surface area contributed by atoms with E-state index < -0.39 is 0 Å². The first-order valence-electron chi connectivity index (χ1n) is 8.86. The maximum Gasteiger partial charge on any atom is 0.345 e. The van der Waals surface area contributed by atoms with E-state index >= 15 is 0 Å². The standard InChI is InChI=1S/C17H26N6O2/c1-12(2)6-9-23-17(24)22-8-7-13(4-5-15(22)21-23)20-16-18-10-14(25-3)11-19-16/h10-13H,4-9H2,1-3H3,(H,18,19,20). The second-order valence-corrected chi connectivity index (χ2v) is 6.87. The second-order valence-electron chi connectivity index (χ2n) is 6.87. The van der Waals surface area contributed by atoms with Crippen molar-refractivity contribution in [2.24, 2.45) is 5.92 Å². The van der Waals surface area contributed by atoms with Gasteiger partial charge in [0.15, 0.2) is 5.75 Å². The number of nitrogens with one attached hydrogen (secondary N) is 1. The average molecular weight is 346 g/mol. The molecule has 2 aromatic heterocycles.